The Labute approximate surface area is 152 Å². The van der Waals surface area contributed by atoms with Crippen molar-refractivity contribution in [1.82, 2.24) is 0 Å². The first kappa shape index (κ1) is 18.5. The molecule has 0 spiro atoms. The highest BCUT2D eigenvalue weighted by Crippen LogP contribution is 2.27. The lowest BCUT2D eigenvalue weighted by molar-refractivity contribution is 0.123. The summed E-state index contributed by atoms with van der Waals surface area (Å²) in [5.41, 5.74) is 1.37. The van der Waals surface area contributed by atoms with Gasteiger partial charge in [-0.2, -0.15) is 0 Å². The minimum absolute atomic E-state index is 0.0271. The first-order valence-electron chi connectivity index (χ1n) is 8.34. The first-order valence-corrected chi connectivity index (χ1v) is 9.99. The second kappa shape index (κ2) is 8.37. The largest absolute Gasteiger partial charge is 0.492 e. The molecule has 0 radical (unpaired) electrons. The number of hydrogen-bond acceptors (Lipinski definition) is 5. The van der Waals surface area contributed by atoms with Crippen LogP contribution in [0.2, 0.25) is 0 Å². The maximum atomic E-state index is 12.9. The van der Waals surface area contributed by atoms with E-state index in [2.05, 4.69) is 9.62 Å². The van der Waals surface area contributed by atoms with Gasteiger partial charge < -0.3 is 14.4 Å². The molecule has 2 aromatic rings. The van der Waals surface area contributed by atoms with Crippen molar-refractivity contribution >= 4 is 21.4 Å². The third-order valence-electron chi connectivity index (χ3n) is 3.96. The molecule has 1 heterocycles. The topological polar surface area (TPSA) is 67.9 Å². The van der Waals surface area contributed by atoms with Gasteiger partial charge in [-0.15, -0.1) is 0 Å². The van der Waals surface area contributed by atoms with Crippen molar-refractivity contribution in [2.45, 2.75) is 0 Å². The molecule has 1 aliphatic rings. The molecule has 0 aromatic heterocycles. The molecule has 0 atom stereocenters. The van der Waals surface area contributed by atoms with Gasteiger partial charge in [0.15, 0.2) is 0 Å². The molecule has 0 bridgehead atoms. The maximum Gasteiger partial charge on any atom is 0.236 e. The standard InChI is InChI=1S/C18H21FN2O4S/c19-15-5-7-16(8-6-15)25-13-14-26(22,23)20-17-3-1-2-4-18(17)21-9-11-24-12-10-21/h1-8,20H,9-14H2. The summed E-state index contributed by atoms with van der Waals surface area (Å²) in [6, 6.07) is 12.7. The van der Waals surface area contributed by atoms with Crippen LogP contribution in [0.5, 0.6) is 5.75 Å². The number of sulfonamides is 1. The molecule has 0 unspecified atom stereocenters. The van der Waals surface area contributed by atoms with Crippen molar-refractivity contribution in [2.75, 3.05) is 48.3 Å². The highest BCUT2D eigenvalue weighted by molar-refractivity contribution is 7.92. The van der Waals surface area contributed by atoms with Crippen molar-refractivity contribution in [2.24, 2.45) is 0 Å². The van der Waals surface area contributed by atoms with E-state index in [-0.39, 0.29) is 18.2 Å². The number of nitrogens with one attached hydrogen (secondary N) is 1. The Balaban J connectivity index is 1.61. The molecule has 140 valence electrons. The zero-order chi connectivity index (χ0) is 18.4. The van der Waals surface area contributed by atoms with E-state index in [4.69, 9.17) is 9.47 Å². The molecule has 8 heteroatoms. The lowest BCUT2D eigenvalue weighted by Gasteiger charge is -2.30. The molecule has 6 nitrogen and oxygen atoms in total. The molecule has 1 N–H and O–H groups in total. The van der Waals surface area contributed by atoms with E-state index in [0.29, 0.717) is 37.7 Å². The van der Waals surface area contributed by atoms with Crippen LogP contribution < -0.4 is 14.4 Å². The van der Waals surface area contributed by atoms with Crippen LogP contribution in [0.15, 0.2) is 48.5 Å². The molecule has 26 heavy (non-hydrogen) atoms. The number of para-hydroxylation sites is 2. The summed E-state index contributed by atoms with van der Waals surface area (Å²) in [7, 11) is -3.58. The number of morpholine rings is 1. The Hall–Kier alpha value is -2.32. The quantitative estimate of drug-likeness (QED) is 0.799. The van der Waals surface area contributed by atoms with Crippen LogP contribution in [-0.2, 0) is 14.8 Å². The van der Waals surface area contributed by atoms with Gasteiger partial charge in [0, 0.05) is 13.1 Å². The average molecular weight is 380 g/mol. The predicted molar refractivity (Wildman–Crippen MR) is 98.8 cm³/mol. The van der Waals surface area contributed by atoms with Gasteiger partial charge in [-0.3, -0.25) is 4.72 Å². The van der Waals surface area contributed by atoms with Crippen LogP contribution in [0, 0.1) is 5.82 Å². The summed E-state index contributed by atoms with van der Waals surface area (Å²) in [5.74, 6) is -0.149. The van der Waals surface area contributed by atoms with E-state index in [1.54, 1.807) is 12.1 Å². The highest BCUT2D eigenvalue weighted by Gasteiger charge is 2.18. The molecule has 0 aliphatic carbocycles. The van der Waals surface area contributed by atoms with E-state index in [9.17, 15) is 12.8 Å². The SMILES string of the molecule is O=S(=O)(CCOc1ccc(F)cc1)Nc1ccccc1N1CCOCC1. The Morgan fingerprint density at radius 2 is 1.77 bits per heavy atom. The van der Waals surface area contributed by atoms with Gasteiger partial charge in [-0.1, -0.05) is 12.1 Å². The predicted octanol–water partition coefficient (Wildman–Crippen LogP) is 2.48. The van der Waals surface area contributed by atoms with E-state index in [1.807, 2.05) is 12.1 Å². The average Bonchev–Trinajstić information content (AvgIpc) is 2.64. The normalized spacial score (nSPS) is 14.9. The Morgan fingerprint density at radius 1 is 1.08 bits per heavy atom. The summed E-state index contributed by atoms with van der Waals surface area (Å²) in [5, 5.41) is 0. The lowest BCUT2D eigenvalue weighted by Crippen LogP contribution is -2.36. The fraction of sp³-hybridized carbons (Fsp3) is 0.333. The van der Waals surface area contributed by atoms with Crippen molar-refractivity contribution in [1.29, 1.82) is 0 Å². The molecular weight excluding hydrogens is 359 g/mol. The lowest BCUT2D eigenvalue weighted by atomic mass is 10.2. The minimum Gasteiger partial charge on any atom is -0.492 e. The molecule has 3 rings (SSSR count). The number of ether oxygens (including phenoxy) is 2. The Kier molecular flexibility index (Phi) is 5.95. The third kappa shape index (κ3) is 5.09. The maximum absolute atomic E-state index is 12.9. The highest BCUT2D eigenvalue weighted by atomic mass is 32.2. The fourth-order valence-electron chi connectivity index (χ4n) is 2.66. The summed E-state index contributed by atoms with van der Waals surface area (Å²) in [4.78, 5) is 2.09. The van der Waals surface area contributed by atoms with Gasteiger partial charge in [-0.05, 0) is 36.4 Å². The van der Waals surface area contributed by atoms with Crippen molar-refractivity contribution in [3.8, 4) is 5.75 Å². The van der Waals surface area contributed by atoms with Gasteiger partial charge in [0.25, 0.3) is 0 Å². The minimum atomic E-state index is -3.58. The number of anilines is 2. The number of halogens is 1. The smallest absolute Gasteiger partial charge is 0.236 e. The molecule has 1 fully saturated rings. The second-order valence-electron chi connectivity index (χ2n) is 5.84. The van der Waals surface area contributed by atoms with Gasteiger partial charge in [0.05, 0.1) is 24.6 Å². The van der Waals surface area contributed by atoms with E-state index in [1.165, 1.54) is 24.3 Å². The molecule has 0 saturated carbocycles. The van der Waals surface area contributed by atoms with Crippen molar-refractivity contribution in [3.63, 3.8) is 0 Å². The molecule has 0 amide bonds. The van der Waals surface area contributed by atoms with Crippen molar-refractivity contribution in [3.05, 3.63) is 54.3 Å². The van der Waals surface area contributed by atoms with Crippen molar-refractivity contribution < 1.29 is 22.3 Å². The monoisotopic (exact) mass is 380 g/mol. The summed E-state index contributed by atoms with van der Waals surface area (Å²) in [6.07, 6.45) is 0. The molecule has 1 saturated heterocycles. The van der Waals surface area contributed by atoms with Crippen LogP contribution in [0.1, 0.15) is 0 Å². The summed E-state index contributed by atoms with van der Waals surface area (Å²) in [6.45, 7) is 2.64. The van der Waals surface area contributed by atoms with Crippen LogP contribution in [0.3, 0.4) is 0 Å². The van der Waals surface area contributed by atoms with Gasteiger partial charge >= 0.3 is 0 Å². The Bertz CT molecular complexity index is 821. The first-order chi connectivity index (χ1) is 12.5. The zero-order valence-corrected chi connectivity index (χ0v) is 15.0. The van der Waals surface area contributed by atoms with Crippen LogP contribution in [-0.4, -0.2) is 47.1 Å². The third-order valence-corrected chi connectivity index (χ3v) is 5.19. The molecular formula is C18H21FN2O4S. The number of hydrogen-bond donors (Lipinski definition) is 1. The molecule has 1 aliphatic heterocycles. The van der Waals surface area contributed by atoms with Gasteiger partial charge in [-0.25, -0.2) is 12.8 Å². The fourth-order valence-corrected chi connectivity index (χ4v) is 3.57. The number of benzene rings is 2. The zero-order valence-electron chi connectivity index (χ0n) is 14.2. The summed E-state index contributed by atoms with van der Waals surface area (Å²) >= 11 is 0. The van der Waals surface area contributed by atoms with E-state index >= 15 is 0 Å². The van der Waals surface area contributed by atoms with Gasteiger partial charge in [0.2, 0.25) is 10.0 Å². The summed E-state index contributed by atoms with van der Waals surface area (Å²) < 4.78 is 51.0. The van der Waals surface area contributed by atoms with E-state index in [0.717, 1.165) is 5.69 Å². The Morgan fingerprint density at radius 3 is 2.50 bits per heavy atom. The number of nitrogens with zero attached hydrogens (tertiary/aromatic N) is 1. The van der Waals surface area contributed by atoms with Crippen LogP contribution in [0.4, 0.5) is 15.8 Å². The second-order valence-corrected chi connectivity index (χ2v) is 7.68. The van der Waals surface area contributed by atoms with E-state index < -0.39 is 10.0 Å². The van der Waals surface area contributed by atoms with Gasteiger partial charge in [0.1, 0.15) is 23.9 Å². The molecule has 2 aromatic carbocycles. The number of rotatable bonds is 7. The van der Waals surface area contributed by atoms with Crippen LogP contribution in [0.25, 0.3) is 0 Å². The van der Waals surface area contributed by atoms with Crippen LogP contribution >= 0.6 is 0 Å².